The van der Waals surface area contributed by atoms with Crippen molar-refractivity contribution in [2.24, 2.45) is 5.41 Å². The van der Waals surface area contributed by atoms with Gasteiger partial charge >= 0.3 is 0 Å². The summed E-state index contributed by atoms with van der Waals surface area (Å²) in [5.74, 6) is -0.0928. The van der Waals surface area contributed by atoms with Gasteiger partial charge in [-0.15, -0.1) is 12.4 Å². The summed E-state index contributed by atoms with van der Waals surface area (Å²) in [6, 6.07) is 1.79. The largest absolute Gasteiger partial charge is 0.351 e. The fourth-order valence-corrected chi connectivity index (χ4v) is 2.67. The van der Waals surface area contributed by atoms with Crippen molar-refractivity contribution < 1.29 is 9.32 Å². The number of fused-ring (bicyclic) bond motifs is 1. The van der Waals surface area contributed by atoms with Gasteiger partial charge in [0.15, 0.2) is 0 Å². The van der Waals surface area contributed by atoms with Crippen molar-refractivity contribution in [3.63, 3.8) is 0 Å². The van der Waals surface area contributed by atoms with Crippen LogP contribution in [-0.2, 0) is 0 Å². The SMILES string of the molecule is Cc1noc2ncc(C(=O)NCC3(C)CCNCC3)cc12.Cl. The Bertz CT molecular complexity index is 665. The lowest BCUT2D eigenvalue weighted by Gasteiger charge is -2.34. The smallest absolute Gasteiger partial charge is 0.257 e. The average Bonchev–Trinajstić information content (AvgIpc) is 2.87. The van der Waals surface area contributed by atoms with E-state index in [4.69, 9.17) is 4.52 Å². The number of amides is 1. The van der Waals surface area contributed by atoms with Crippen molar-refractivity contribution in [1.82, 2.24) is 20.8 Å². The summed E-state index contributed by atoms with van der Waals surface area (Å²) in [4.78, 5) is 16.4. The van der Waals surface area contributed by atoms with E-state index in [1.807, 2.05) is 6.92 Å². The Morgan fingerprint density at radius 1 is 1.45 bits per heavy atom. The van der Waals surface area contributed by atoms with Crippen molar-refractivity contribution in [3.8, 4) is 0 Å². The van der Waals surface area contributed by atoms with Crippen LogP contribution in [-0.4, -0.2) is 35.7 Å². The second-order valence-corrected chi connectivity index (χ2v) is 6.09. The van der Waals surface area contributed by atoms with Crippen LogP contribution in [0.25, 0.3) is 11.1 Å². The third-order valence-electron chi connectivity index (χ3n) is 4.26. The molecule has 1 fully saturated rings. The zero-order valence-corrected chi connectivity index (χ0v) is 13.6. The van der Waals surface area contributed by atoms with Crippen LogP contribution < -0.4 is 10.6 Å². The van der Waals surface area contributed by atoms with Gasteiger partial charge in [0.05, 0.1) is 16.6 Å². The first-order valence-electron chi connectivity index (χ1n) is 7.28. The predicted molar refractivity (Wildman–Crippen MR) is 86.3 cm³/mol. The Morgan fingerprint density at radius 2 is 2.18 bits per heavy atom. The van der Waals surface area contributed by atoms with Gasteiger partial charge in [-0.3, -0.25) is 4.79 Å². The molecule has 1 saturated heterocycles. The first-order chi connectivity index (χ1) is 10.1. The fourth-order valence-electron chi connectivity index (χ4n) is 2.67. The normalized spacial score (nSPS) is 17.0. The molecule has 22 heavy (non-hydrogen) atoms. The Balaban J connectivity index is 0.00000176. The maximum absolute atomic E-state index is 12.3. The molecule has 0 atom stereocenters. The van der Waals surface area contributed by atoms with Gasteiger partial charge in [-0.25, -0.2) is 4.98 Å². The van der Waals surface area contributed by atoms with Crippen LogP contribution in [0.4, 0.5) is 0 Å². The number of hydrogen-bond donors (Lipinski definition) is 2. The van der Waals surface area contributed by atoms with Gasteiger partial charge in [0, 0.05) is 12.7 Å². The van der Waals surface area contributed by atoms with E-state index in [1.165, 1.54) is 6.20 Å². The summed E-state index contributed by atoms with van der Waals surface area (Å²) in [5, 5.41) is 11.0. The highest BCUT2D eigenvalue weighted by Gasteiger charge is 2.27. The minimum atomic E-state index is -0.0928. The number of aryl methyl sites for hydroxylation is 1. The number of nitrogens with one attached hydrogen (secondary N) is 2. The highest BCUT2D eigenvalue weighted by Crippen LogP contribution is 2.26. The van der Waals surface area contributed by atoms with E-state index >= 15 is 0 Å². The molecule has 1 aliphatic heterocycles. The number of carbonyl (C=O) groups is 1. The van der Waals surface area contributed by atoms with Crippen LogP contribution in [0.5, 0.6) is 0 Å². The average molecular weight is 325 g/mol. The molecule has 120 valence electrons. The van der Waals surface area contributed by atoms with E-state index in [2.05, 4.69) is 27.7 Å². The van der Waals surface area contributed by atoms with E-state index < -0.39 is 0 Å². The summed E-state index contributed by atoms with van der Waals surface area (Å²) in [6.45, 7) is 6.78. The zero-order chi connectivity index (χ0) is 14.9. The highest BCUT2D eigenvalue weighted by molar-refractivity contribution is 5.96. The summed E-state index contributed by atoms with van der Waals surface area (Å²) in [7, 11) is 0. The summed E-state index contributed by atoms with van der Waals surface area (Å²) in [6.07, 6.45) is 3.69. The van der Waals surface area contributed by atoms with Crippen molar-refractivity contribution in [3.05, 3.63) is 23.5 Å². The van der Waals surface area contributed by atoms with E-state index in [0.29, 0.717) is 17.8 Å². The quantitative estimate of drug-likeness (QED) is 0.903. The van der Waals surface area contributed by atoms with Crippen molar-refractivity contribution in [1.29, 1.82) is 0 Å². The molecule has 7 heteroatoms. The zero-order valence-electron chi connectivity index (χ0n) is 12.8. The molecule has 0 aliphatic carbocycles. The lowest BCUT2D eigenvalue weighted by Crippen LogP contribution is -2.42. The molecular weight excluding hydrogens is 304 g/mol. The maximum atomic E-state index is 12.3. The second-order valence-electron chi connectivity index (χ2n) is 6.09. The van der Waals surface area contributed by atoms with E-state index in [-0.39, 0.29) is 23.7 Å². The number of piperidine rings is 1. The molecule has 2 aromatic rings. The van der Waals surface area contributed by atoms with Crippen LogP contribution in [0, 0.1) is 12.3 Å². The van der Waals surface area contributed by atoms with Gasteiger partial charge < -0.3 is 15.2 Å². The Kier molecular flexibility index (Phi) is 5.03. The van der Waals surface area contributed by atoms with Crippen LogP contribution in [0.1, 0.15) is 35.8 Å². The number of aromatic nitrogens is 2. The second kappa shape index (κ2) is 6.62. The van der Waals surface area contributed by atoms with Crippen LogP contribution in [0.2, 0.25) is 0 Å². The van der Waals surface area contributed by atoms with Gasteiger partial charge in [-0.2, -0.15) is 0 Å². The minimum Gasteiger partial charge on any atom is -0.351 e. The Labute approximate surface area is 135 Å². The molecule has 0 saturated carbocycles. The van der Waals surface area contributed by atoms with Crippen molar-refractivity contribution in [2.75, 3.05) is 19.6 Å². The third kappa shape index (κ3) is 3.39. The maximum Gasteiger partial charge on any atom is 0.257 e. The number of carbonyl (C=O) groups excluding carboxylic acids is 1. The Hall–Kier alpha value is -1.66. The van der Waals surface area contributed by atoms with E-state index in [0.717, 1.165) is 37.0 Å². The van der Waals surface area contributed by atoms with Crippen molar-refractivity contribution >= 4 is 29.4 Å². The molecule has 1 aliphatic rings. The molecule has 1 amide bonds. The molecule has 6 nitrogen and oxygen atoms in total. The van der Waals surface area contributed by atoms with Gasteiger partial charge in [0.2, 0.25) is 0 Å². The minimum absolute atomic E-state index is 0. The molecule has 3 heterocycles. The molecule has 0 aromatic carbocycles. The lowest BCUT2D eigenvalue weighted by atomic mass is 9.81. The molecule has 2 aromatic heterocycles. The van der Waals surface area contributed by atoms with E-state index in [9.17, 15) is 4.79 Å². The first-order valence-corrected chi connectivity index (χ1v) is 7.28. The van der Waals surface area contributed by atoms with Crippen LogP contribution in [0.3, 0.4) is 0 Å². The van der Waals surface area contributed by atoms with Gasteiger partial charge in [0.1, 0.15) is 0 Å². The van der Waals surface area contributed by atoms with E-state index in [1.54, 1.807) is 6.07 Å². The van der Waals surface area contributed by atoms with Gasteiger partial charge in [0.25, 0.3) is 11.6 Å². The highest BCUT2D eigenvalue weighted by atomic mass is 35.5. The molecule has 0 spiro atoms. The number of nitrogens with zero attached hydrogens (tertiary/aromatic N) is 2. The molecule has 0 bridgehead atoms. The first kappa shape index (κ1) is 16.7. The fraction of sp³-hybridized carbons (Fsp3) is 0.533. The number of halogens is 1. The summed E-state index contributed by atoms with van der Waals surface area (Å²) < 4.78 is 5.05. The van der Waals surface area contributed by atoms with Crippen molar-refractivity contribution in [2.45, 2.75) is 26.7 Å². The van der Waals surface area contributed by atoms with Crippen LogP contribution in [0.15, 0.2) is 16.8 Å². The third-order valence-corrected chi connectivity index (χ3v) is 4.26. The van der Waals surface area contributed by atoms with Crippen LogP contribution >= 0.6 is 12.4 Å². The molecule has 0 radical (unpaired) electrons. The number of pyridine rings is 1. The number of hydrogen-bond acceptors (Lipinski definition) is 5. The lowest BCUT2D eigenvalue weighted by molar-refractivity contribution is 0.0922. The monoisotopic (exact) mass is 324 g/mol. The molecule has 3 rings (SSSR count). The van der Waals surface area contributed by atoms with Gasteiger partial charge in [-0.1, -0.05) is 12.1 Å². The number of rotatable bonds is 3. The standard InChI is InChI=1S/C15H20N4O2.ClH/c1-10-12-7-11(8-17-14(12)21-19-10)13(20)18-9-15(2)3-5-16-6-4-15;/h7-8,16H,3-6,9H2,1-2H3,(H,18,20);1H. The van der Waals surface area contributed by atoms with Gasteiger partial charge in [-0.05, 0) is 44.3 Å². The summed E-state index contributed by atoms with van der Waals surface area (Å²) >= 11 is 0. The molecule has 0 unspecified atom stereocenters. The summed E-state index contributed by atoms with van der Waals surface area (Å²) in [5.41, 5.74) is 1.93. The molecular formula is C15H21ClN4O2. The predicted octanol–water partition coefficient (Wildman–Crippen LogP) is 2.07. The molecule has 2 N–H and O–H groups in total. The topological polar surface area (TPSA) is 80.0 Å². The Morgan fingerprint density at radius 3 is 2.91 bits per heavy atom.